The van der Waals surface area contributed by atoms with Crippen molar-refractivity contribution in [2.45, 2.75) is 135 Å². The minimum absolute atomic E-state index is 0. The predicted molar refractivity (Wildman–Crippen MR) is 406 cm³/mol. The number of piperidine rings is 3. The number of hydrogen-bond donors (Lipinski definition) is 1. The van der Waals surface area contributed by atoms with Crippen molar-refractivity contribution in [3.63, 3.8) is 0 Å². The molecule has 0 atom stereocenters. The van der Waals surface area contributed by atoms with Gasteiger partial charge in [-0.1, -0.05) is 12.1 Å². The number of ether oxygens (including phenoxy) is 7. The number of halogens is 4. The molecule has 9 saturated heterocycles. The minimum atomic E-state index is -4.32. The molecule has 9 fully saturated rings. The Morgan fingerprint density at radius 2 is 0.764 bits per heavy atom. The highest BCUT2D eigenvalue weighted by atomic mass is 35.5. The number of rotatable bonds is 20. The molecule has 4 amide bonds. The topological polar surface area (TPSA) is 210 Å². The lowest BCUT2D eigenvalue weighted by Crippen LogP contribution is -2.45. The Morgan fingerprint density at radius 1 is 0.434 bits per heavy atom. The predicted octanol–water partition coefficient (Wildman–Crippen LogP) is 11.2. The van der Waals surface area contributed by atoms with Gasteiger partial charge in [0, 0.05) is 137 Å². The van der Waals surface area contributed by atoms with Crippen LogP contribution in [0.2, 0.25) is 0 Å². The van der Waals surface area contributed by atoms with E-state index in [9.17, 15) is 32.3 Å². The standard InChI is InChI=1S/C30H39F3N4O3.C27H42N4O5.C22H34N4O3.ClH/c31-30(32,33)26-3-1-24(2-4-26)21-35-11-7-25(8-12-35)22-37(29(38)19-23-9-15-39-16-10-23)27-5-6-28(34-20-27)36-13-17-40-18-14-36;1-27(2,3)36-26(33)30-10-6-22(7-11-30)20-31(25(32)18-21-8-14-34-15-9-21)23-4-5-24(28-19-23)29-12-16-35-17-13-29;27-22(15-18-5-11-28-12-6-18)26(17-19-3-7-23-8-4-19)20-1-2-21(24-16-20)25-9-13-29-14-10-25;/h1-6,20,23,25H,7-19,21-22H2;4-5,19,21-22H,6-18,20H2,1-3H3;1-2,16,18-19,23H,3-15,17H2;1H. The van der Waals surface area contributed by atoms with Gasteiger partial charge in [0.05, 0.1) is 80.9 Å². The fourth-order valence-corrected chi connectivity index (χ4v) is 15.4. The van der Waals surface area contributed by atoms with Crippen molar-refractivity contribution in [3.8, 4) is 0 Å². The van der Waals surface area contributed by atoms with Crippen LogP contribution in [0.5, 0.6) is 0 Å². The van der Waals surface area contributed by atoms with Gasteiger partial charge in [-0.25, -0.2) is 19.7 Å². The number of carbonyl (C=O) groups is 4. The zero-order chi connectivity index (χ0) is 73.4. The minimum Gasteiger partial charge on any atom is -0.444 e. The van der Waals surface area contributed by atoms with E-state index in [4.69, 9.17) is 43.1 Å². The molecule has 12 heterocycles. The Balaban J connectivity index is 0.000000171. The molecule has 23 nitrogen and oxygen atoms in total. The normalized spacial score (nSPS) is 20.4. The summed E-state index contributed by atoms with van der Waals surface area (Å²) >= 11 is 0. The first-order valence-electron chi connectivity index (χ1n) is 39.0. The van der Waals surface area contributed by atoms with Gasteiger partial charge >= 0.3 is 12.3 Å². The summed E-state index contributed by atoms with van der Waals surface area (Å²) in [7, 11) is 0. The fourth-order valence-electron chi connectivity index (χ4n) is 15.4. The van der Waals surface area contributed by atoms with Crippen molar-refractivity contribution in [2.24, 2.45) is 35.5 Å². The molecule has 0 bridgehead atoms. The van der Waals surface area contributed by atoms with E-state index in [1.807, 2.05) is 78.3 Å². The van der Waals surface area contributed by atoms with Crippen LogP contribution in [0.4, 0.5) is 52.5 Å². The smallest absolute Gasteiger partial charge is 0.416 e. The van der Waals surface area contributed by atoms with Crippen LogP contribution in [0.1, 0.15) is 128 Å². The molecule has 0 aliphatic carbocycles. The van der Waals surface area contributed by atoms with Crippen LogP contribution in [0, 0.1) is 35.5 Å². The highest BCUT2D eigenvalue weighted by molar-refractivity contribution is 5.95. The number of benzene rings is 1. The van der Waals surface area contributed by atoms with Gasteiger partial charge in [0.15, 0.2) is 0 Å². The van der Waals surface area contributed by atoms with Crippen molar-refractivity contribution in [1.82, 2.24) is 30.1 Å². The van der Waals surface area contributed by atoms with Gasteiger partial charge < -0.3 is 72.8 Å². The third kappa shape index (κ3) is 25.6. The van der Waals surface area contributed by atoms with E-state index in [1.54, 1.807) is 17.0 Å². The van der Waals surface area contributed by atoms with Gasteiger partial charge in [0.25, 0.3) is 0 Å². The van der Waals surface area contributed by atoms with Crippen molar-refractivity contribution in [2.75, 3.05) is 207 Å². The van der Waals surface area contributed by atoms with E-state index < -0.39 is 17.3 Å². The maximum Gasteiger partial charge on any atom is 0.416 e. The molecule has 1 N–H and O–H groups in total. The summed E-state index contributed by atoms with van der Waals surface area (Å²) < 4.78 is 77.0. The molecule has 0 spiro atoms. The maximum absolute atomic E-state index is 13.6. The molecule has 106 heavy (non-hydrogen) atoms. The number of likely N-dealkylation sites (tertiary alicyclic amines) is 2. The number of morpholine rings is 3. The maximum atomic E-state index is 13.6. The van der Waals surface area contributed by atoms with Crippen LogP contribution in [0.3, 0.4) is 0 Å². The average molecular weight is 1500 g/mol. The van der Waals surface area contributed by atoms with Crippen molar-refractivity contribution < 1.29 is 65.5 Å². The van der Waals surface area contributed by atoms with E-state index in [-0.39, 0.29) is 36.2 Å². The molecule has 4 aromatic rings. The monoisotopic (exact) mass is 1500 g/mol. The Morgan fingerprint density at radius 3 is 1.08 bits per heavy atom. The molecule has 9 aliphatic rings. The van der Waals surface area contributed by atoms with Crippen LogP contribution in [0.15, 0.2) is 79.3 Å². The highest BCUT2D eigenvalue weighted by Gasteiger charge is 2.35. The van der Waals surface area contributed by atoms with Crippen molar-refractivity contribution in [3.05, 3.63) is 90.4 Å². The summed E-state index contributed by atoms with van der Waals surface area (Å²) in [6.07, 6.45) is 14.1. The average Bonchev–Trinajstić information content (AvgIpc) is 0.830. The van der Waals surface area contributed by atoms with E-state index in [0.29, 0.717) is 127 Å². The summed E-state index contributed by atoms with van der Waals surface area (Å²) in [6.45, 7) is 27.2. The molecular weight excluding hydrogens is 1390 g/mol. The molecule has 9 aliphatic heterocycles. The van der Waals surface area contributed by atoms with Gasteiger partial charge in [-0.15, -0.1) is 12.4 Å². The lowest BCUT2D eigenvalue weighted by Gasteiger charge is -2.36. The van der Waals surface area contributed by atoms with Gasteiger partial charge in [-0.3, -0.25) is 19.3 Å². The zero-order valence-electron chi connectivity index (χ0n) is 62.8. The van der Waals surface area contributed by atoms with E-state index in [2.05, 4.69) is 42.0 Å². The largest absolute Gasteiger partial charge is 0.444 e. The Labute approximate surface area is 631 Å². The van der Waals surface area contributed by atoms with Gasteiger partial charge in [-0.2, -0.15) is 13.2 Å². The van der Waals surface area contributed by atoms with E-state index in [1.165, 1.54) is 0 Å². The Bertz CT molecular complexity index is 3250. The summed E-state index contributed by atoms with van der Waals surface area (Å²) in [4.78, 5) is 83.6. The lowest BCUT2D eigenvalue weighted by atomic mass is 9.93. The van der Waals surface area contributed by atoms with Gasteiger partial charge in [0.1, 0.15) is 23.1 Å². The molecule has 13 rings (SSSR count). The third-order valence-corrected chi connectivity index (χ3v) is 21.9. The quantitative estimate of drug-likeness (QED) is 0.0872. The van der Waals surface area contributed by atoms with E-state index in [0.717, 1.165) is 241 Å². The number of alkyl halides is 3. The number of hydrogen-bond acceptors (Lipinski definition) is 19. The first-order chi connectivity index (χ1) is 50.9. The van der Waals surface area contributed by atoms with Gasteiger partial charge in [-0.05, 0) is 214 Å². The number of carbonyl (C=O) groups excluding carboxylic acids is 4. The molecule has 3 aromatic heterocycles. The van der Waals surface area contributed by atoms with Gasteiger partial charge in [0.2, 0.25) is 17.7 Å². The zero-order valence-corrected chi connectivity index (χ0v) is 63.6. The lowest BCUT2D eigenvalue weighted by molar-refractivity contribution is -0.137. The third-order valence-electron chi connectivity index (χ3n) is 21.9. The van der Waals surface area contributed by atoms with Crippen molar-refractivity contribution >= 4 is 70.7 Å². The summed E-state index contributed by atoms with van der Waals surface area (Å²) in [6, 6.07) is 17.6. The molecule has 1 aromatic carbocycles. The number of aromatic nitrogens is 3. The Hall–Kier alpha value is -6.49. The van der Waals surface area contributed by atoms with Crippen molar-refractivity contribution in [1.29, 1.82) is 0 Å². The molecule has 27 heteroatoms. The first kappa shape index (κ1) is 82.0. The Kier molecular flexibility index (Phi) is 32.0. The van der Waals surface area contributed by atoms with Crippen LogP contribution in [0.25, 0.3) is 0 Å². The second kappa shape index (κ2) is 41.3. The SMILES string of the molecule is CC(C)(C)OC(=O)N1CCC(CN(C(=O)CC2CCOCC2)c2ccc(N3CCOCC3)nc2)CC1.Cl.O=C(CC1CCOCC1)N(CC1CCN(Cc2ccc(C(F)(F)F)cc2)CC1)c1ccc(N2CCOCC2)nc1.O=C(CC1CCOCC1)N(CC1CCNCC1)c1ccc(N2CCOCC2)nc1. The number of nitrogens with one attached hydrogen (secondary N) is 1. The highest BCUT2D eigenvalue weighted by Crippen LogP contribution is 2.34. The van der Waals surface area contributed by atoms with Crippen LogP contribution in [-0.2, 0) is 60.3 Å². The number of amides is 4. The second-order valence-electron chi connectivity index (χ2n) is 30.7. The molecule has 0 radical (unpaired) electrons. The number of pyridine rings is 3. The van der Waals surface area contributed by atoms with Crippen LogP contribution < -0.4 is 34.7 Å². The number of anilines is 6. The summed E-state index contributed by atoms with van der Waals surface area (Å²) in [5.41, 5.74) is 2.37. The van der Waals surface area contributed by atoms with E-state index >= 15 is 0 Å². The molecular formula is C79H116ClF3N12O11. The fraction of sp³-hybridized carbons (Fsp3) is 0.684. The molecule has 586 valence electrons. The van der Waals surface area contributed by atoms with Crippen LogP contribution in [-0.4, -0.2) is 232 Å². The second-order valence-corrected chi connectivity index (χ2v) is 30.7. The summed E-state index contributed by atoms with van der Waals surface area (Å²) in [5.74, 6) is 5.68. The number of nitrogens with zero attached hydrogens (tertiary/aromatic N) is 11. The summed E-state index contributed by atoms with van der Waals surface area (Å²) in [5, 5.41) is 3.42. The molecule has 0 unspecified atom stereocenters. The van der Waals surface area contributed by atoms with Crippen LogP contribution >= 0.6 is 12.4 Å². The molecule has 0 saturated carbocycles. The first-order valence-corrected chi connectivity index (χ1v) is 39.0.